The molecule has 6 nitrogen and oxygen atoms in total. The van der Waals surface area contributed by atoms with Gasteiger partial charge in [0.15, 0.2) is 5.13 Å². The zero-order valence-corrected chi connectivity index (χ0v) is 17.4. The first kappa shape index (κ1) is 19.8. The third-order valence-corrected chi connectivity index (χ3v) is 6.27. The minimum Gasteiger partial charge on any atom is -0.497 e. The van der Waals surface area contributed by atoms with Crippen molar-refractivity contribution in [2.45, 2.75) is 6.42 Å². The van der Waals surface area contributed by atoms with Crippen molar-refractivity contribution in [2.75, 3.05) is 51.4 Å². The Bertz CT molecular complexity index is 918. The molecule has 0 atom stereocenters. The molecular formula is C22H26N3O3S+. The maximum absolute atomic E-state index is 13.3. The van der Waals surface area contributed by atoms with E-state index in [1.54, 1.807) is 18.4 Å². The van der Waals surface area contributed by atoms with Crippen molar-refractivity contribution in [1.82, 2.24) is 4.98 Å². The fraction of sp³-hybridized carbons (Fsp3) is 0.364. The van der Waals surface area contributed by atoms with Crippen LogP contribution in [0.2, 0.25) is 0 Å². The first-order chi connectivity index (χ1) is 14.2. The molecule has 0 unspecified atom stereocenters. The summed E-state index contributed by atoms with van der Waals surface area (Å²) < 4.78 is 11.8. The van der Waals surface area contributed by atoms with Gasteiger partial charge in [0.25, 0.3) is 5.91 Å². The predicted octanol–water partition coefficient (Wildman–Crippen LogP) is 2.26. The molecule has 0 saturated carbocycles. The summed E-state index contributed by atoms with van der Waals surface area (Å²) in [5, 5.41) is 0.754. The number of morpholine rings is 1. The van der Waals surface area contributed by atoms with Crippen LogP contribution in [0.5, 0.6) is 5.75 Å². The van der Waals surface area contributed by atoms with E-state index in [4.69, 9.17) is 14.5 Å². The van der Waals surface area contributed by atoms with Crippen molar-refractivity contribution < 1.29 is 19.2 Å². The number of nitrogens with zero attached hydrogens (tertiary/aromatic N) is 2. The standard InChI is InChI=1S/C22H25N3O3S/c1-27-18-9-7-17(8-10-18)21(26)25(12-4-11-24-13-15-28-16-14-24)22-23-19-5-2-3-6-20(19)29-22/h2-3,5-10H,4,11-16H2,1H3/p+1. The van der Waals surface area contributed by atoms with E-state index in [1.807, 2.05) is 53.4 Å². The molecule has 0 radical (unpaired) electrons. The summed E-state index contributed by atoms with van der Waals surface area (Å²) in [4.78, 5) is 21.4. The highest BCUT2D eigenvalue weighted by Crippen LogP contribution is 2.29. The summed E-state index contributed by atoms with van der Waals surface area (Å²) in [6, 6.07) is 15.3. The van der Waals surface area contributed by atoms with Gasteiger partial charge in [-0.2, -0.15) is 0 Å². The number of rotatable bonds is 7. The lowest BCUT2D eigenvalue weighted by Gasteiger charge is -2.25. The molecule has 4 rings (SSSR count). The first-order valence-corrected chi connectivity index (χ1v) is 10.8. The average molecular weight is 413 g/mol. The second-order valence-electron chi connectivity index (χ2n) is 7.12. The molecule has 3 aromatic rings. The van der Waals surface area contributed by atoms with Crippen LogP contribution in [0.15, 0.2) is 48.5 Å². The maximum Gasteiger partial charge on any atom is 0.260 e. The van der Waals surface area contributed by atoms with Crippen LogP contribution < -0.4 is 14.5 Å². The van der Waals surface area contributed by atoms with E-state index in [-0.39, 0.29) is 5.91 Å². The van der Waals surface area contributed by atoms with Crippen LogP contribution >= 0.6 is 11.3 Å². The van der Waals surface area contributed by atoms with Crippen molar-refractivity contribution in [3.05, 3.63) is 54.1 Å². The Morgan fingerprint density at radius 2 is 1.93 bits per heavy atom. The van der Waals surface area contributed by atoms with E-state index in [0.717, 1.165) is 60.4 Å². The molecule has 0 spiro atoms. The number of quaternary nitrogens is 1. The highest BCUT2D eigenvalue weighted by molar-refractivity contribution is 7.22. The topological polar surface area (TPSA) is 56.1 Å². The van der Waals surface area contributed by atoms with Gasteiger partial charge in [-0.25, -0.2) is 4.98 Å². The van der Waals surface area contributed by atoms with Crippen LogP contribution in [-0.4, -0.2) is 57.4 Å². The number of fused-ring (bicyclic) bond motifs is 1. The maximum atomic E-state index is 13.3. The van der Waals surface area contributed by atoms with Crippen LogP contribution in [0.3, 0.4) is 0 Å². The zero-order chi connectivity index (χ0) is 20.1. The largest absolute Gasteiger partial charge is 0.497 e. The summed E-state index contributed by atoms with van der Waals surface area (Å²) in [5.41, 5.74) is 1.57. The van der Waals surface area contributed by atoms with Crippen molar-refractivity contribution >= 4 is 32.6 Å². The van der Waals surface area contributed by atoms with Crippen LogP contribution in [0.1, 0.15) is 16.8 Å². The summed E-state index contributed by atoms with van der Waals surface area (Å²) in [7, 11) is 1.62. The molecule has 152 valence electrons. The van der Waals surface area contributed by atoms with Crippen LogP contribution in [0.4, 0.5) is 5.13 Å². The fourth-order valence-corrected chi connectivity index (χ4v) is 4.54. The number of anilines is 1. The number of amides is 1. The Balaban J connectivity index is 1.54. The van der Waals surface area contributed by atoms with Gasteiger partial charge in [-0.05, 0) is 36.4 Å². The fourth-order valence-electron chi connectivity index (χ4n) is 3.55. The number of carbonyl (C=O) groups excluding carboxylic acids is 1. The quantitative estimate of drug-likeness (QED) is 0.647. The lowest BCUT2D eigenvalue weighted by Crippen LogP contribution is -3.14. The minimum atomic E-state index is -0.0244. The molecular weight excluding hydrogens is 386 g/mol. The number of para-hydroxylation sites is 1. The third-order valence-electron chi connectivity index (χ3n) is 5.21. The Morgan fingerprint density at radius 3 is 2.66 bits per heavy atom. The second-order valence-corrected chi connectivity index (χ2v) is 8.12. The lowest BCUT2D eigenvalue weighted by atomic mass is 10.2. The number of methoxy groups -OCH3 is 1. The molecule has 1 aromatic heterocycles. The van der Waals surface area contributed by atoms with Gasteiger partial charge in [-0.3, -0.25) is 9.69 Å². The SMILES string of the molecule is COc1ccc(C(=O)N(CCC[NH+]2CCOCC2)c2nc3ccccc3s2)cc1. The molecule has 1 saturated heterocycles. The summed E-state index contributed by atoms with van der Waals surface area (Å²) in [6.07, 6.45) is 0.924. The number of hydrogen-bond donors (Lipinski definition) is 1. The van der Waals surface area contributed by atoms with Gasteiger partial charge in [0, 0.05) is 18.5 Å². The van der Waals surface area contributed by atoms with E-state index in [0.29, 0.717) is 12.1 Å². The smallest absolute Gasteiger partial charge is 0.260 e. The Hall–Kier alpha value is -2.48. The number of thiazole rings is 1. The van der Waals surface area contributed by atoms with E-state index in [2.05, 4.69) is 0 Å². The summed E-state index contributed by atoms with van der Waals surface area (Å²) in [6.45, 7) is 5.39. The Labute approximate surface area is 174 Å². The molecule has 29 heavy (non-hydrogen) atoms. The number of hydrogen-bond acceptors (Lipinski definition) is 5. The van der Waals surface area contributed by atoms with Crippen LogP contribution in [-0.2, 0) is 4.74 Å². The lowest BCUT2D eigenvalue weighted by molar-refractivity contribution is -0.908. The molecule has 1 N–H and O–H groups in total. The van der Waals surface area contributed by atoms with Crippen molar-refractivity contribution in [3.8, 4) is 5.75 Å². The molecule has 1 aliphatic rings. The number of nitrogens with one attached hydrogen (secondary N) is 1. The van der Waals surface area contributed by atoms with Crippen molar-refractivity contribution in [2.24, 2.45) is 0 Å². The normalized spacial score (nSPS) is 14.8. The summed E-state index contributed by atoms with van der Waals surface area (Å²) >= 11 is 1.56. The van der Waals surface area contributed by atoms with Gasteiger partial charge < -0.3 is 14.4 Å². The number of benzene rings is 2. The summed E-state index contributed by atoms with van der Waals surface area (Å²) in [5.74, 6) is 0.715. The monoisotopic (exact) mass is 412 g/mol. The van der Waals surface area contributed by atoms with Crippen LogP contribution in [0, 0.1) is 0 Å². The van der Waals surface area contributed by atoms with E-state index < -0.39 is 0 Å². The zero-order valence-electron chi connectivity index (χ0n) is 16.6. The first-order valence-electron chi connectivity index (χ1n) is 9.97. The van der Waals surface area contributed by atoms with Crippen molar-refractivity contribution in [3.63, 3.8) is 0 Å². The molecule has 0 bridgehead atoms. The van der Waals surface area contributed by atoms with Gasteiger partial charge >= 0.3 is 0 Å². The molecule has 1 aliphatic heterocycles. The van der Waals surface area contributed by atoms with Crippen molar-refractivity contribution in [1.29, 1.82) is 0 Å². The van der Waals surface area contributed by atoms with Crippen LogP contribution in [0.25, 0.3) is 10.2 Å². The third kappa shape index (κ3) is 4.75. The van der Waals surface area contributed by atoms with E-state index in [9.17, 15) is 4.79 Å². The number of ether oxygens (including phenoxy) is 2. The number of carbonyl (C=O) groups is 1. The van der Waals surface area contributed by atoms with E-state index >= 15 is 0 Å². The number of aromatic nitrogens is 1. The predicted molar refractivity (Wildman–Crippen MR) is 115 cm³/mol. The molecule has 7 heteroatoms. The molecule has 2 aromatic carbocycles. The van der Waals surface area contributed by atoms with E-state index in [1.165, 1.54) is 4.90 Å². The molecule has 2 heterocycles. The highest BCUT2D eigenvalue weighted by Gasteiger charge is 2.22. The van der Waals surface area contributed by atoms with Gasteiger partial charge in [0.05, 0.1) is 37.1 Å². The molecule has 1 fully saturated rings. The Kier molecular flexibility index (Phi) is 6.39. The van der Waals surface area contributed by atoms with Gasteiger partial charge in [-0.1, -0.05) is 23.5 Å². The minimum absolute atomic E-state index is 0.0244. The molecule has 0 aliphatic carbocycles. The van der Waals surface area contributed by atoms with Gasteiger partial charge in [0.2, 0.25) is 0 Å². The highest BCUT2D eigenvalue weighted by atomic mass is 32.1. The average Bonchev–Trinajstić information content (AvgIpc) is 3.21. The Morgan fingerprint density at radius 1 is 1.17 bits per heavy atom. The van der Waals surface area contributed by atoms with Gasteiger partial charge in [0.1, 0.15) is 18.8 Å². The second kappa shape index (κ2) is 9.35. The molecule has 1 amide bonds. The van der Waals surface area contributed by atoms with Gasteiger partial charge in [-0.15, -0.1) is 0 Å².